The third-order valence-corrected chi connectivity index (χ3v) is 5.44. The first kappa shape index (κ1) is 19.7. The third kappa shape index (κ3) is 3.88. The Morgan fingerprint density at radius 2 is 1.62 bits per heavy atom. The fourth-order valence-corrected chi connectivity index (χ4v) is 3.79. The SMILES string of the molecule is O=C(Nc1ccccc1-c1nc(-c2ccccc2)no1)C1CC(=O)N(c2ccccc2)C1. The van der Waals surface area contributed by atoms with E-state index in [0.29, 0.717) is 29.5 Å². The van der Waals surface area contributed by atoms with Gasteiger partial charge in [0.2, 0.25) is 17.6 Å². The van der Waals surface area contributed by atoms with Crippen molar-refractivity contribution in [2.75, 3.05) is 16.8 Å². The fraction of sp³-hybridized carbons (Fsp3) is 0.120. The standard InChI is InChI=1S/C25H20N4O3/c30-22-15-18(16-29(22)19-11-5-2-6-12-19)24(31)26-21-14-8-7-13-20(21)25-27-23(28-32-25)17-9-3-1-4-10-17/h1-14,18H,15-16H2,(H,26,31). The number of hydrogen-bond acceptors (Lipinski definition) is 5. The molecular formula is C25H20N4O3. The van der Waals surface area contributed by atoms with Gasteiger partial charge in [-0.25, -0.2) is 0 Å². The number of nitrogens with one attached hydrogen (secondary N) is 1. The van der Waals surface area contributed by atoms with Crippen LogP contribution >= 0.6 is 0 Å². The van der Waals surface area contributed by atoms with E-state index in [-0.39, 0.29) is 18.2 Å². The maximum Gasteiger partial charge on any atom is 0.260 e. The lowest BCUT2D eigenvalue weighted by atomic mass is 10.1. The molecule has 0 radical (unpaired) electrons. The molecule has 1 aliphatic rings. The summed E-state index contributed by atoms with van der Waals surface area (Å²) in [6.45, 7) is 0.343. The molecule has 1 aromatic heterocycles. The molecule has 2 amide bonds. The summed E-state index contributed by atoms with van der Waals surface area (Å²) < 4.78 is 5.47. The van der Waals surface area contributed by atoms with Crippen LogP contribution in [-0.4, -0.2) is 28.5 Å². The van der Waals surface area contributed by atoms with Gasteiger partial charge in [-0.15, -0.1) is 0 Å². The Morgan fingerprint density at radius 1 is 0.938 bits per heavy atom. The van der Waals surface area contributed by atoms with Crippen LogP contribution in [0.25, 0.3) is 22.8 Å². The number of rotatable bonds is 5. The molecule has 1 aliphatic heterocycles. The van der Waals surface area contributed by atoms with Crippen molar-refractivity contribution in [2.24, 2.45) is 5.92 Å². The van der Waals surface area contributed by atoms with E-state index < -0.39 is 5.92 Å². The second-order valence-electron chi connectivity index (χ2n) is 7.56. The van der Waals surface area contributed by atoms with Crippen LogP contribution < -0.4 is 10.2 Å². The first-order valence-corrected chi connectivity index (χ1v) is 10.3. The lowest BCUT2D eigenvalue weighted by Crippen LogP contribution is -2.28. The topological polar surface area (TPSA) is 88.3 Å². The van der Waals surface area contributed by atoms with Gasteiger partial charge < -0.3 is 14.7 Å². The highest BCUT2D eigenvalue weighted by atomic mass is 16.5. The minimum atomic E-state index is -0.446. The summed E-state index contributed by atoms with van der Waals surface area (Å²) in [5.74, 6) is 0.0641. The Labute approximate surface area is 184 Å². The van der Waals surface area contributed by atoms with Crippen molar-refractivity contribution in [3.8, 4) is 22.8 Å². The molecule has 1 fully saturated rings. The molecule has 158 valence electrons. The van der Waals surface area contributed by atoms with Crippen molar-refractivity contribution in [3.05, 3.63) is 84.9 Å². The summed E-state index contributed by atoms with van der Waals surface area (Å²) in [5, 5.41) is 7.01. The number of para-hydroxylation sites is 2. The molecule has 4 aromatic rings. The number of anilines is 2. The van der Waals surface area contributed by atoms with Crippen LogP contribution in [0.15, 0.2) is 89.5 Å². The van der Waals surface area contributed by atoms with Gasteiger partial charge in [-0.1, -0.05) is 65.8 Å². The molecule has 0 bridgehead atoms. The summed E-state index contributed by atoms with van der Waals surface area (Å²) >= 11 is 0. The summed E-state index contributed by atoms with van der Waals surface area (Å²) in [6.07, 6.45) is 0.168. The van der Waals surface area contributed by atoms with Gasteiger partial charge >= 0.3 is 0 Å². The van der Waals surface area contributed by atoms with Crippen molar-refractivity contribution >= 4 is 23.2 Å². The molecule has 0 spiro atoms. The van der Waals surface area contributed by atoms with Gasteiger partial charge in [0.1, 0.15) is 0 Å². The van der Waals surface area contributed by atoms with Crippen LogP contribution in [0.4, 0.5) is 11.4 Å². The second-order valence-corrected chi connectivity index (χ2v) is 7.56. The molecule has 1 saturated heterocycles. The quantitative estimate of drug-likeness (QED) is 0.513. The molecule has 32 heavy (non-hydrogen) atoms. The predicted octanol–water partition coefficient (Wildman–Crippen LogP) is 4.40. The molecule has 3 aromatic carbocycles. The van der Waals surface area contributed by atoms with E-state index in [1.54, 1.807) is 11.0 Å². The number of nitrogens with zero attached hydrogens (tertiary/aromatic N) is 3. The summed E-state index contributed by atoms with van der Waals surface area (Å²) in [6, 6.07) is 26.2. The highest BCUT2D eigenvalue weighted by molar-refractivity contribution is 6.04. The molecule has 5 rings (SSSR count). The third-order valence-electron chi connectivity index (χ3n) is 5.44. The second kappa shape index (κ2) is 8.47. The molecule has 0 saturated carbocycles. The lowest BCUT2D eigenvalue weighted by Gasteiger charge is -2.16. The highest BCUT2D eigenvalue weighted by Crippen LogP contribution is 2.30. The van der Waals surface area contributed by atoms with E-state index in [1.807, 2.05) is 78.9 Å². The van der Waals surface area contributed by atoms with Crippen molar-refractivity contribution < 1.29 is 14.1 Å². The van der Waals surface area contributed by atoms with E-state index in [2.05, 4.69) is 15.5 Å². The van der Waals surface area contributed by atoms with E-state index >= 15 is 0 Å². The first-order valence-electron chi connectivity index (χ1n) is 10.3. The number of aromatic nitrogens is 2. The average molecular weight is 424 g/mol. The molecule has 7 heteroatoms. The zero-order chi connectivity index (χ0) is 21.9. The van der Waals surface area contributed by atoms with E-state index in [0.717, 1.165) is 11.3 Å². The van der Waals surface area contributed by atoms with Crippen molar-refractivity contribution in [1.29, 1.82) is 0 Å². The molecular weight excluding hydrogens is 404 g/mol. The van der Waals surface area contributed by atoms with Crippen LogP contribution in [0.5, 0.6) is 0 Å². The van der Waals surface area contributed by atoms with Crippen molar-refractivity contribution in [2.45, 2.75) is 6.42 Å². The van der Waals surface area contributed by atoms with Gasteiger partial charge in [0.25, 0.3) is 5.89 Å². The zero-order valence-corrected chi connectivity index (χ0v) is 17.1. The van der Waals surface area contributed by atoms with E-state index in [9.17, 15) is 9.59 Å². The number of carbonyl (C=O) groups excluding carboxylic acids is 2. The van der Waals surface area contributed by atoms with Gasteiger partial charge in [-0.2, -0.15) is 4.98 Å². The van der Waals surface area contributed by atoms with Crippen LogP contribution in [-0.2, 0) is 9.59 Å². The smallest absolute Gasteiger partial charge is 0.260 e. The fourth-order valence-electron chi connectivity index (χ4n) is 3.79. The minimum Gasteiger partial charge on any atom is -0.334 e. The highest BCUT2D eigenvalue weighted by Gasteiger charge is 2.35. The largest absolute Gasteiger partial charge is 0.334 e. The van der Waals surface area contributed by atoms with Gasteiger partial charge in [-0.05, 0) is 24.3 Å². The van der Waals surface area contributed by atoms with Crippen LogP contribution in [0.3, 0.4) is 0 Å². The Morgan fingerprint density at radius 3 is 2.41 bits per heavy atom. The Bertz CT molecular complexity index is 1250. The molecule has 1 N–H and O–H groups in total. The Hall–Kier alpha value is -4.26. The van der Waals surface area contributed by atoms with Crippen molar-refractivity contribution in [3.63, 3.8) is 0 Å². The zero-order valence-electron chi connectivity index (χ0n) is 17.1. The van der Waals surface area contributed by atoms with E-state index in [1.165, 1.54) is 0 Å². The summed E-state index contributed by atoms with van der Waals surface area (Å²) in [5.41, 5.74) is 2.83. The Balaban J connectivity index is 1.35. The summed E-state index contributed by atoms with van der Waals surface area (Å²) in [4.78, 5) is 31.6. The predicted molar refractivity (Wildman–Crippen MR) is 121 cm³/mol. The number of hydrogen-bond donors (Lipinski definition) is 1. The van der Waals surface area contributed by atoms with Gasteiger partial charge in [0.05, 0.1) is 17.2 Å². The molecule has 2 heterocycles. The molecule has 0 aliphatic carbocycles. The molecule has 1 unspecified atom stereocenters. The van der Waals surface area contributed by atoms with Gasteiger partial charge in [0.15, 0.2) is 0 Å². The number of carbonyl (C=O) groups is 2. The minimum absolute atomic E-state index is 0.0611. The average Bonchev–Trinajstić information content (AvgIpc) is 3.48. The van der Waals surface area contributed by atoms with Crippen LogP contribution in [0.2, 0.25) is 0 Å². The molecule has 1 atom stereocenters. The maximum atomic E-state index is 13.0. The summed E-state index contributed by atoms with van der Waals surface area (Å²) in [7, 11) is 0. The maximum absolute atomic E-state index is 13.0. The van der Waals surface area contributed by atoms with Crippen LogP contribution in [0.1, 0.15) is 6.42 Å². The van der Waals surface area contributed by atoms with Gasteiger partial charge in [-0.3, -0.25) is 9.59 Å². The lowest BCUT2D eigenvalue weighted by molar-refractivity contribution is -0.122. The van der Waals surface area contributed by atoms with E-state index in [4.69, 9.17) is 4.52 Å². The monoisotopic (exact) mass is 424 g/mol. The normalized spacial score (nSPS) is 15.7. The number of amides is 2. The first-order chi connectivity index (χ1) is 15.7. The molecule has 7 nitrogen and oxygen atoms in total. The van der Waals surface area contributed by atoms with Crippen LogP contribution in [0, 0.1) is 5.92 Å². The van der Waals surface area contributed by atoms with Crippen molar-refractivity contribution in [1.82, 2.24) is 10.1 Å². The van der Waals surface area contributed by atoms with Gasteiger partial charge in [0, 0.05) is 24.2 Å². The Kier molecular flexibility index (Phi) is 5.21. The number of benzene rings is 3.